The fraction of sp³-hybridized carbons (Fsp3) is 0.368. The van der Waals surface area contributed by atoms with Gasteiger partial charge in [-0.05, 0) is 23.3 Å². The Labute approximate surface area is 142 Å². The fourth-order valence-electron chi connectivity index (χ4n) is 2.67. The van der Waals surface area contributed by atoms with E-state index in [9.17, 15) is 0 Å². The summed E-state index contributed by atoms with van der Waals surface area (Å²) in [5.74, 6) is 1.80. The van der Waals surface area contributed by atoms with Gasteiger partial charge in [0, 0.05) is 0 Å². The van der Waals surface area contributed by atoms with Crippen molar-refractivity contribution in [3.8, 4) is 17.2 Å². The SMILES string of the molecule is COc1cc([C@H](OCc2ccccc2)[C@H]2CO2)cc(OC)c1OC. The number of benzene rings is 2. The van der Waals surface area contributed by atoms with Crippen molar-refractivity contribution in [2.45, 2.75) is 18.8 Å². The van der Waals surface area contributed by atoms with Crippen LogP contribution in [0.4, 0.5) is 0 Å². The van der Waals surface area contributed by atoms with Crippen molar-refractivity contribution in [2.75, 3.05) is 27.9 Å². The number of hydrogen-bond acceptors (Lipinski definition) is 5. The normalized spacial score (nSPS) is 17.2. The minimum atomic E-state index is -0.182. The van der Waals surface area contributed by atoms with Crippen LogP contribution in [-0.4, -0.2) is 34.0 Å². The van der Waals surface area contributed by atoms with Crippen molar-refractivity contribution in [3.63, 3.8) is 0 Å². The van der Waals surface area contributed by atoms with Gasteiger partial charge in [0.05, 0.1) is 34.5 Å². The lowest BCUT2D eigenvalue weighted by molar-refractivity contribution is 0.0200. The van der Waals surface area contributed by atoms with Crippen LogP contribution < -0.4 is 14.2 Å². The lowest BCUT2D eigenvalue weighted by Crippen LogP contribution is -2.12. The molecule has 0 bridgehead atoms. The molecule has 0 N–H and O–H groups in total. The van der Waals surface area contributed by atoms with Gasteiger partial charge in [-0.2, -0.15) is 0 Å². The first-order valence-corrected chi connectivity index (χ1v) is 7.84. The summed E-state index contributed by atoms with van der Waals surface area (Å²) >= 11 is 0. The zero-order valence-corrected chi connectivity index (χ0v) is 14.2. The average Bonchev–Trinajstić information content (AvgIpc) is 3.46. The summed E-state index contributed by atoms with van der Waals surface area (Å²) in [5, 5.41) is 0. The summed E-state index contributed by atoms with van der Waals surface area (Å²) in [6.07, 6.45) is -0.129. The third-order valence-corrected chi connectivity index (χ3v) is 3.98. The van der Waals surface area contributed by atoms with Crippen LogP contribution in [0.2, 0.25) is 0 Å². The Bertz CT molecular complexity index is 642. The highest BCUT2D eigenvalue weighted by Gasteiger charge is 2.36. The van der Waals surface area contributed by atoms with Crippen molar-refractivity contribution < 1.29 is 23.7 Å². The molecular weight excluding hydrogens is 308 g/mol. The van der Waals surface area contributed by atoms with Crippen LogP contribution >= 0.6 is 0 Å². The second kappa shape index (κ2) is 7.55. The summed E-state index contributed by atoms with van der Waals surface area (Å²) in [7, 11) is 4.80. The minimum absolute atomic E-state index is 0.0523. The van der Waals surface area contributed by atoms with E-state index < -0.39 is 0 Å². The van der Waals surface area contributed by atoms with Gasteiger partial charge in [0.2, 0.25) is 5.75 Å². The topological polar surface area (TPSA) is 49.5 Å². The van der Waals surface area contributed by atoms with E-state index in [-0.39, 0.29) is 12.2 Å². The first kappa shape index (κ1) is 16.6. The van der Waals surface area contributed by atoms with E-state index in [0.717, 1.165) is 11.1 Å². The standard InChI is InChI=1S/C19H22O5/c1-20-15-9-14(10-16(21-2)19(15)22-3)18(17-12-23-17)24-11-13-7-5-4-6-8-13/h4-10,17-18H,11-12H2,1-3H3/t17-,18+/m1/s1. The predicted molar refractivity (Wildman–Crippen MR) is 89.8 cm³/mol. The first-order chi connectivity index (χ1) is 11.8. The maximum atomic E-state index is 6.13. The Hall–Kier alpha value is -2.24. The molecule has 5 nitrogen and oxygen atoms in total. The summed E-state index contributed by atoms with van der Waals surface area (Å²) in [6, 6.07) is 13.9. The summed E-state index contributed by atoms with van der Waals surface area (Å²) in [6.45, 7) is 1.21. The molecule has 1 aliphatic rings. The van der Waals surface area contributed by atoms with Crippen LogP contribution in [0.3, 0.4) is 0 Å². The molecule has 0 aliphatic carbocycles. The number of epoxide rings is 1. The van der Waals surface area contributed by atoms with E-state index in [1.807, 2.05) is 42.5 Å². The molecule has 1 heterocycles. The largest absolute Gasteiger partial charge is 0.493 e. The van der Waals surface area contributed by atoms with Crippen LogP contribution in [0.5, 0.6) is 17.2 Å². The van der Waals surface area contributed by atoms with Crippen LogP contribution in [-0.2, 0) is 16.1 Å². The van der Waals surface area contributed by atoms with Crippen LogP contribution in [0.25, 0.3) is 0 Å². The van der Waals surface area contributed by atoms with E-state index in [1.165, 1.54) is 0 Å². The van der Waals surface area contributed by atoms with E-state index in [1.54, 1.807) is 21.3 Å². The highest BCUT2D eigenvalue weighted by molar-refractivity contribution is 5.54. The number of hydrogen-bond donors (Lipinski definition) is 0. The fourth-order valence-corrected chi connectivity index (χ4v) is 2.67. The maximum absolute atomic E-state index is 6.13. The maximum Gasteiger partial charge on any atom is 0.203 e. The molecular formula is C19H22O5. The molecule has 0 saturated carbocycles. The van der Waals surface area contributed by atoms with Crippen molar-refractivity contribution in [1.82, 2.24) is 0 Å². The molecule has 128 valence electrons. The average molecular weight is 330 g/mol. The molecule has 0 spiro atoms. The molecule has 3 rings (SSSR count). The molecule has 2 aromatic rings. The van der Waals surface area contributed by atoms with E-state index in [4.69, 9.17) is 23.7 Å². The van der Waals surface area contributed by atoms with E-state index in [2.05, 4.69) is 0 Å². The second-order valence-electron chi connectivity index (χ2n) is 5.55. The number of methoxy groups -OCH3 is 3. The molecule has 24 heavy (non-hydrogen) atoms. The summed E-state index contributed by atoms with van der Waals surface area (Å²) < 4.78 is 27.9. The predicted octanol–water partition coefficient (Wildman–Crippen LogP) is 3.37. The highest BCUT2D eigenvalue weighted by Crippen LogP contribution is 2.42. The molecule has 1 aliphatic heterocycles. The molecule has 2 aromatic carbocycles. The highest BCUT2D eigenvalue weighted by atomic mass is 16.6. The van der Waals surface area contributed by atoms with Gasteiger partial charge in [0.1, 0.15) is 12.2 Å². The smallest absolute Gasteiger partial charge is 0.203 e. The monoisotopic (exact) mass is 330 g/mol. The zero-order valence-electron chi connectivity index (χ0n) is 14.2. The van der Waals surface area contributed by atoms with Crippen LogP contribution in [0, 0.1) is 0 Å². The Morgan fingerprint density at radius 2 is 1.62 bits per heavy atom. The molecule has 1 fully saturated rings. The zero-order chi connectivity index (χ0) is 16.9. The van der Waals surface area contributed by atoms with Gasteiger partial charge < -0.3 is 23.7 Å². The van der Waals surface area contributed by atoms with Gasteiger partial charge in [0.15, 0.2) is 11.5 Å². The van der Waals surface area contributed by atoms with Gasteiger partial charge in [-0.3, -0.25) is 0 Å². The van der Waals surface area contributed by atoms with Crippen LogP contribution in [0.1, 0.15) is 17.2 Å². The van der Waals surface area contributed by atoms with Gasteiger partial charge in [-0.1, -0.05) is 30.3 Å². The quantitative estimate of drug-likeness (QED) is 0.695. The summed E-state index contributed by atoms with van der Waals surface area (Å²) in [4.78, 5) is 0. The Morgan fingerprint density at radius 1 is 1.00 bits per heavy atom. The molecule has 0 amide bonds. The third kappa shape index (κ3) is 3.63. The molecule has 1 saturated heterocycles. The van der Waals surface area contributed by atoms with E-state index >= 15 is 0 Å². The van der Waals surface area contributed by atoms with E-state index in [0.29, 0.717) is 30.5 Å². The molecule has 0 aromatic heterocycles. The first-order valence-electron chi connectivity index (χ1n) is 7.84. The Kier molecular flexibility index (Phi) is 5.23. The molecule has 5 heteroatoms. The number of ether oxygens (including phenoxy) is 5. The van der Waals surface area contributed by atoms with Gasteiger partial charge >= 0.3 is 0 Å². The van der Waals surface area contributed by atoms with Crippen molar-refractivity contribution in [1.29, 1.82) is 0 Å². The lowest BCUT2D eigenvalue weighted by Gasteiger charge is -2.20. The van der Waals surface area contributed by atoms with Gasteiger partial charge in [-0.15, -0.1) is 0 Å². The Morgan fingerprint density at radius 3 is 2.12 bits per heavy atom. The van der Waals surface area contributed by atoms with Gasteiger partial charge in [-0.25, -0.2) is 0 Å². The van der Waals surface area contributed by atoms with Crippen LogP contribution in [0.15, 0.2) is 42.5 Å². The van der Waals surface area contributed by atoms with Crippen molar-refractivity contribution in [3.05, 3.63) is 53.6 Å². The van der Waals surface area contributed by atoms with Crippen molar-refractivity contribution >= 4 is 0 Å². The molecule has 0 radical (unpaired) electrons. The lowest BCUT2D eigenvalue weighted by atomic mass is 10.0. The number of rotatable bonds is 8. The minimum Gasteiger partial charge on any atom is -0.493 e. The van der Waals surface area contributed by atoms with Gasteiger partial charge in [0.25, 0.3) is 0 Å². The second-order valence-corrected chi connectivity index (χ2v) is 5.55. The third-order valence-electron chi connectivity index (χ3n) is 3.98. The molecule has 0 unspecified atom stereocenters. The van der Waals surface area contributed by atoms with Crippen molar-refractivity contribution in [2.24, 2.45) is 0 Å². The molecule has 2 atom stereocenters. The Balaban J connectivity index is 1.85. The summed E-state index contributed by atoms with van der Waals surface area (Å²) in [5.41, 5.74) is 2.07.